The van der Waals surface area contributed by atoms with Gasteiger partial charge in [0.15, 0.2) is 15.0 Å². The maximum absolute atomic E-state index is 11.9. The third kappa shape index (κ3) is 5.86. The topological polar surface area (TPSA) is 123 Å². The standard InChI is InChI=1S/C11H20N4O4S2/c1-3-21(17,18)7-5-13-10(16)8-9(12)15-11(20-8)14-4-6-19-2/h3-7,12H2,1-2H3,(H,13,16)(H,14,15). The Balaban J connectivity index is 2.54. The van der Waals surface area contributed by atoms with Crippen LogP contribution in [0.25, 0.3) is 0 Å². The third-order valence-electron chi connectivity index (χ3n) is 2.58. The van der Waals surface area contributed by atoms with Crippen molar-refractivity contribution in [1.82, 2.24) is 10.3 Å². The van der Waals surface area contributed by atoms with E-state index in [4.69, 9.17) is 10.5 Å². The van der Waals surface area contributed by atoms with E-state index in [1.807, 2.05) is 0 Å². The number of methoxy groups -OCH3 is 1. The Morgan fingerprint density at radius 3 is 2.76 bits per heavy atom. The monoisotopic (exact) mass is 336 g/mol. The highest BCUT2D eigenvalue weighted by Crippen LogP contribution is 2.24. The van der Waals surface area contributed by atoms with Crippen LogP contribution in [0.2, 0.25) is 0 Å². The predicted molar refractivity (Wildman–Crippen MR) is 83.6 cm³/mol. The van der Waals surface area contributed by atoms with Crippen LogP contribution >= 0.6 is 11.3 Å². The first-order valence-corrected chi connectivity index (χ1v) is 9.01. The molecule has 0 atom stereocenters. The molecule has 0 aromatic carbocycles. The van der Waals surface area contributed by atoms with E-state index >= 15 is 0 Å². The molecule has 10 heteroatoms. The Bertz CT molecular complexity index is 571. The zero-order valence-corrected chi connectivity index (χ0v) is 13.6. The van der Waals surface area contributed by atoms with Crippen molar-refractivity contribution in [2.75, 3.05) is 49.4 Å². The summed E-state index contributed by atoms with van der Waals surface area (Å²) in [7, 11) is -1.52. The molecule has 120 valence electrons. The Hall–Kier alpha value is -1.39. The van der Waals surface area contributed by atoms with Gasteiger partial charge < -0.3 is 21.1 Å². The van der Waals surface area contributed by atoms with Gasteiger partial charge in [0.2, 0.25) is 0 Å². The van der Waals surface area contributed by atoms with Gasteiger partial charge in [-0.2, -0.15) is 0 Å². The van der Waals surface area contributed by atoms with Crippen LogP contribution in [0.1, 0.15) is 16.6 Å². The van der Waals surface area contributed by atoms with E-state index in [1.165, 1.54) is 0 Å². The second-order valence-electron chi connectivity index (χ2n) is 4.15. The van der Waals surface area contributed by atoms with Crippen LogP contribution in [0, 0.1) is 0 Å². The van der Waals surface area contributed by atoms with E-state index in [0.29, 0.717) is 18.3 Å². The maximum atomic E-state index is 11.9. The highest BCUT2D eigenvalue weighted by atomic mass is 32.2. The molecule has 0 fully saturated rings. The zero-order valence-electron chi connectivity index (χ0n) is 12.0. The van der Waals surface area contributed by atoms with Crippen LogP contribution in [0.15, 0.2) is 0 Å². The smallest absolute Gasteiger partial charge is 0.265 e. The molecule has 0 unspecified atom stereocenters. The lowest BCUT2D eigenvalue weighted by Crippen LogP contribution is -2.29. The molecule has 0 bridgehead atoms. The first-order chi connectivity index (χ1) is 9.89. The van der Waals surface area contributed by atoms with E-state index in [-0.39, 0.29) is 28.7 Å². The molecule has 1 heterocycles. The molecular formula is C11H20N4O4S2. The molecule has 0 saturated carbocycles. The summed E-state index contributed by atoms with van der Waals surface area (Å²) in [5, 5.41) is 6.03. The lowest BCUT2D eigenvalue weighted by Gasteiger charge is -2.03. The number of aromatic nitrogens is 1. The average molecular weight is 336 g/mol. The fourth-order valence-corrected chi connectivity index (χ4v) is 2.90. The number of anilines is 2. The molecule has 1 aromatic rings. The van der Waals surface area contributed by atoms with Gasteiger partial charge in [0.1, 0.15) is 10.7 Å². The van der Waals surface area contributed by atoms with Crippen molar-refractivity contribution >= 4 is 38.0 Å². The third-order valence-corrected chi connectivity index (χ3v) is 5.31. The Morgan fingerprint density at radius 1 is 1.43 bits per heavy atom. The molecular weight excluding hydrogens is 316 g/mol. The molecule has 4 N–H and O–H groups in total. The minimum absolute atomic E-state index is 0.0543. The fourth-order valence-electron chi connectivity index (χ4n) is 1.37. The number of nitrogens with one attached hydrogen (secondary N) is 2. The van der Waals surface area contributed by atoms with Crippen molar-refractivity contribution in [3.8, 4) is 0 Å². The van der Waals surface area contributed by atoms with Gasteiger partial charge in [-0.05, 0) is 0 Å². The first-order valence-electron chi connectivity index (χ1n) is 6.37. The second-order valence-corrected chi connectivity index (χ2v) is 7.62. The summed E-state index contributed by atoms with van der Waals surface area (Å²) in [6.07, 6.45) is 0. The van der Waals surface area contributed by atoms with Crippen molar-refractivity contribution in [3.63, 3.8) is 0 Å². The lowest BCUT2D eigenvalue weighted by atomic mass is 10.4. The minimum atomic E-state index is -3.10. The van der Waals surface area contributed by atoms with Crippen molar-refractivity contribution in [3.05, 3.63) is 4.88 Å². The minimum Gasteiger partial charge on any atom is -0.383 e. The van der Waals surface area contributed by atoms with Crippen molar-refractivity contribution < 1.29 is 17.9 Å². The predicted octanol–water partition coefficient (Wildman–Crippen LogP) is -0.0519. The summed E-state index contributed by atoms with van der Waals surface area (Å²) in [5.41, 5.74) is 5.68. The van der Waals surface area contributed by atoms with Gasteiger partial charge in [0.25, 0.3) is 5.91 Å². The lowest BCUT2D eigenvalue weighted by molar-refractivity contribution is 0.0961. The summed E-state index contributed by atoms with van der Waals surface area (Å²) < 4.78 is 27.5. The van der Waals surface area contributed by atoms with E-state index in [0.717, 1.165) is 11.3 Å². The summed E-state index contributed by atoms with van der Waals surface area (Å²) in [5.74, 6) is -0.335. The van der Waals surface area contributed by atoms with E-state index in [9.17, 15) is 13.2 Å². The number of carbonyl (C=O) groups excluding carboxylic acids is 1. The molecule has 0 radical (unpaired) electrons. The molecule has 1 aromatic heterocycles. The second kappa shape index (κ2) is 8.15. The van der Waals surface area contributed by atoms with Crippen LogP contribution in [-0.2, 0) is 14.6 Å². The molecule has 0 aliphatic heterocycles. The number of carbonyl (C=O) groups is 1. The zero-order chi connectivity index (χ0) is 15.9. The molecule has 0 spiro atoms. The largest absolute Gasteiger partial charge is 0.383 e. The molecule has 21 heavy (non-hydrogen) atoms. The molecule has 0 saturated heterocycles. The van der Waals surface area contributed by atoms with E-state index in [1.54, 1.807) is 14.0 Å². The van der Waals surface area contributed by atoms with Crippen molar-refractivity contribution in [2.24, 2.45) is 0 Å². The van der Waals surface area contributed by atoms with Gasteiger partial charge >= 0.3 is 0 Å². The molecule has 1 rings (SSSR count). The number of amides is 1. The van der Waals surface area contributed by atoms with Crippen molar-refractivity contribution in [1.29, 1.82) is 0 Å². The number of sulfone groups is 1. The van der Waals surface area contributed by atoms with Gasteiger partial charge in [0.05, 0.1) is 12.4 Å². The summed E-state index contributed by atoms with van der Waals surface area (Å²) in [4.78, 5) is 16.2. The Kier molecular flexibility index (Phi) is 6.85. The highest BCUT2D eigenvalue weighted by Gasteiger charge is 2.16. The van der Waals surface area contributed by atoms with Crippen LogP contribution in [0.4, 0.5) is 10.9 Å². The number of hydrogen-bond acceptors (Lipinski definition) is 8. The molecule has 0 aliphatic carbocycles. The first kappa shape index (κ1) is 17.7. The van der Waals surface area contributed by atoms with Crippen LogP contribution in [-0.4, -0.2) is 57.6 Å². The summed E-state index contributed by atoms with van der Waals surface area (Å²) in [6, 6.07) is 0. The molecule has 0 aliphatic rings. The van der Waals surface area contributed by atoms with Gasteiger partial charge in [-0.1, -0.05) is 18.3 Å². The number of nitrogens with zero attached hydrogens (tertiary/aromatic N) is 1. The van der Waals surface area contributed by atoms with Crippen LogP contribution in [0.3, 0.4) is 0 Å². The van der Waals surface area contributed by atoms with E-state index in [2.05, 4.69) is 15.6 Å². The molecule has 8 nitrogen and oxygen atoms in total. The summed E-state index contributed by atoms with van der Waals surface area (Å²) in [6.45, 7) is 2.68. The summed E-state index contributed by atoms with van der Waals surface area (Å²) >= 11 is 1.12. The number of thiazole rings is 1. The molecule has 1 amide bonds. The number of nitrogens with two attached hydrogens (primary N) is 1. The normalized spacial score (nSPS) is 11.3. The Morgan fingerprint density at radius 2 is 2.14 bits per heavy atom. The maximum Gasteiger partial charge on any atom is 0.265 e. The van der Waals surface area contributed by atoms with Gasteiger partial charge in [0, 0.05) is 26.0 Å². The van der Waals surface area contributed by atoms with Gasteiger partial charge in [-0.3, -0.25) is 4.79 Å². The average Bonchev–Trinajstić information content (AvgIpc) is 2.80. The SMILES string of the molecule is CCS(=O)(=O)CCNC(=O)c1sc(NCCOC)nc1N. The number of nitrogen functional groups attached to an aromatic ring is 1. The van der Waals surface area contributed by atoms with Crippen molar-refractivity contribution in [2.45, 2.75) is 6.92 Å². The van der Waals surface area contributed by atoms with E-state index < -0.39 is 15.7 Å². The Labute approximate surface area is 128 Å². The number of hydrogen-bond donors (Lipinski definition) is 3. The highest BCUT2D eigenvalue weighted by molar-refractivity contribution is 7.91. The number of rotatable bonds is 9. The van der Waals surface area contributed by atoms with Gasteiger partial charge in [-0.15, -0.1) is 0 Å². The quantitative estimate of drug-likeness (QED) is 0.540. The van der Waals surface area contributed by atoms with Crippen LogP contribution < -0.4 is 16.4 Å². The fraction of sp³-hybridized carbons (Fsp3) is 0.636. The number of ether oxygens (including phenoxy) is 1. The van der Waals surface area contributed by atoms with Crippen LogP contribution in [0.5, 0.6) is 0 Å². The van der Waals surface area contributed by atoms with Gasteiger partial charge in [-0.25, -0.2) is 13.4 Å².